The van der Waals surface area contributed by atoms with Gasteiger partial charge in [-0.3, -0.25) is 15.0 Å². The molecule has 0 saturated heterocycles. The van der Waals surface area contributed by atoms with E-state index in [1.165, 1.54) is 0 Å². The van der Waals surface area contributed by atoms with E-state index in [2.05, 4.69) is 20.4 Å². The highest BCUT2D eigenvalue weighted by molar-refractivity contribution is 5.89. The van der Waals surface area contributed by atoms with Crippen molar-refractivity contribution in [2.24, 2.45) is 7.05 Å². The van der Waals surface area contributed by atoms with Gasteiger partial charge in [0.25, 0.3) is 0 Å². The van der Waals surface area contributed by atoms with Crippen LogP contribution in [0.1, 0.15) is 11.4 Å². The topological polar surface area (TPSA) is 85.2 Å². The molecule has 3 aromatic rings. The minimum absolute atomic E-state index is 0.279. The van der Waals surface area contributed by atoms with Crippen LogP contribution in [-0.2, 0) is 13.6 Å². The zero-order valence-electron chi connectivity index (χ0n) is 14.6. The van der Waals surface area contributed by atoms with E-state index in [0.717, 1.165) is 22.3 Å². The molecule has 25 heavy (non-hydrogen) atoms. The molecular weight excluding hydrogens is 320 g/mol. The SMILES string of the molecule is COc1ccc(CN(C)C(=O)Nc2nc(C)n(C)n2)c2cccnc12. The summed E-state index contributed by atoms with van der Waals surface area (Å²) in [6, 6.07) is 7.36. The number of fused-ring (bicyclic) bond motifs is 1. The van der Waals surface area contributed by atoms with Crippen LogP contribution >= 0.6 is 0 Å². The first kappa shape index (κ1) is 16.7. The third kappa shape index (κ3) is 3.37. The van der Waals surface area contributed by atoms with Crippen LogP contribution in [0.4, 0.5) is 10.7 Å². The molecule has 0 aliphatic carbocycles. The van der Waals surface area contributed by atoms with E-state index in [-0.39, 0.29) is 12.0 Å². The van der Waals surface area contributed by atoms with Gasteiger partial charge in [0.05, 0.1) is 7.11 Å². The number of nitrogens with zero attached hydrogens (tertiary/aromatic N) is 5. The normalized spacial score (nSPS) is 10.7. The van der Waals surface area contributed by atoms with Crippen molar-refractivity contribution in [3.8, 4) is 5.75 Å². The average molecular weight is 340 g/mol. The number of carbonyl (C=O) groups is 1. The first-order valence-corrected chi connectivity index (χ1v) is 7.80. The third-order valence-corrected chi connectivity index (χ3v) is 4.00. The van der Waals surface area contributed by atoms with E-state index in [1.807, 2.05) is 31.2 Å². The van der Waals surface area contributed by atoms with Gasteiger partial charge in [0, 0.05) is 32.2 Å². The fourth-order valence-electron chi connectivity index (χ4n) is 2.54. The maximum Gasteiger partial charge on any atom is 0.324 e. The van der Waals surface area contributed by atoms with Gasteiger partial charge in [-0.05, 0) is 24.6 Å². The van der Waals surface area contributed by atoms with Crippen LogP contribution in [0.3, 0.4) is 0 Å². The number of carbonyl (C=O) groups excluding carboxylic acids is 1. The van der Waals surface area contributed by atoms with Crippen molar-refractivity contribution >= 4 is 22.9 Å². The van der Waals surface area contributed by atoms with E-state index in [1.54, 1.807) is 37.0 Å². The van der Waals surface area contributed by atoms with Crippen molar-refractivity contribution in [1.82, 2.24) is 24.6 Å². The average Bonchev–Trinajstić information content (AvgIpc) is 2.92. The van der Waals surface area contributed by atoms with Crippen LogP contribution < -0.4 is 10.1 Å². The number of aromatic nitrogens is 4. The molecule has 0 aliphatic heterocycles. The van der Waals surface area contributed by atoms with Crippen LogP contribution in [0, 0.1) is 6.92 Å². The maximum absolute atomic E-state index is 12.4. The summed E-state index contributed by atoms with van der Waals surface area (Å²) in [6.07, 6.45) is 1.72. The zero-order valence-corrected chi connectivity index (χ0v) is 14.6. The molecule has 0 radical (unpaired) electrons. The number of ether oxygens (including phenoxy) is 1. The van der Waals surface area contributed by atoms with Crippen LogP contribution in [0.15, 0.2) is 30.5 Å². The third-order valence-electron chi connectivity index (χ3n) is 4.00. The molecule has 130 valence electrons. The Kier molecular flexibility index (Phi) is 4.51. The maximum atomic E-state index is 12.4. The Morgan fingerprint density at radius 1 is 1.36 bits per heavy atom. The first-order chi connectivity index (χ1) is 12.0. The van der Waals surface area contributed by atoms with Crippen LogP contribution in [0.25, 0.3) is 10.9 Å². The number of rotatable bonds is 4. The van der Waals surface area contributed by atoms with Gasteiger partial charge < -0.3 is 9.64 Å². The van der Waals surface area contributed by atoms with Crippen molar-refractivity contribution in [3.63, 3.8) is 0 Å². The lowest BCUT2D eigenvalue weighted by Crippen LogP contribution is -2.31. The first-order valence-electron chi connectivity index (χ1n) is 7.80. The lowest BCUT2D eigenvalue weighted by Gasteiger charge is -2.18. The number of anilines is 1. The number of hydrogen-bond acceptors (Lipinski definition) is 5. The summed E-state index contributed by atoms with van der Waals surface area (Å²) >= 11 is 0. The quantitative estimate of drug-likeness (QED) is 0.788. The molecule has 0 spiro atoms. The number of amides is 2. The Labute approximate surface area is 145 Å². The van der Waals surface area contributed by atoms with Crippen molar-refractivity contribution in [2.45, 2.75) is 13.5 Å². The minimum Gasteiger partial charge on any atom is -0.494 e. The van der Waals surface area contributed by atoms with Crippen molar-refractivity contribution in [3.05, 3.63) is 41.9 Å². The van der Waals surface area contributed by atoms with Gasteiger partial charge in [-0.2, -0.15) is 4.98 Å². The predicted octanol–water partition coefficient (Wildman–Crippen LogP) is 2.34. The molecule has 8 nitrogen and oxygen atoms in total. The molecule has 2 heterocycles. The highest BCUT2D eigenvalue weighted by Gasteiger charge is 2.15. The molecule has 2 amide bonds. The van der Waals surface area contributed by atoms with Gasteiger partial charge in [-0.15, -0.1) is 5.10 Å². The van der Waals surface area contributed by atoms with Gasteiger partial charge in [-0.1, -0.05) is 12.1 Å². The molecule has 1 N–H and O–H groups in total. The fourth-order valence-corrected chi connectivity index (χ4v) is 2.54. The van der Waals surface area contributed by atoms with E-state index in [0.29, 0.717) is 12.3 Å². The highest BCUT2D eigenvalue weighted by Crippen LogP contribution is 2.27. The summed E-state index contributed by atoms with van der Waals surface area (Å²) in [5.74, 6) is 1.72. The number of benzene rings is 1. The lowest BCUT2D eigenvalue weighted by molar-refractivity contribution is 0.220. The van der Waals surface area contributed by atoms with E-state index in [4.69, 9.17) is 4.74 Å². The predicted molar refractivity (Wildman–Crippen MR) is 94.5 cm³/mol. The standard InChI is InChI=1S/C17H20N6O2/c1-11-19-16(21-23(11)3)20-17(24)22(2)10-12-7-8-14(25-4)15-13(12)6-5-9-18-15/h5-9H,10H2,1-4H3,(H,20,21,24). The number of methoxy groups -OCH3 is 1. The lowest BCUT2D eigenvalue weighted by atomic mass is 10.1. The van der Waals surface area contributed by atoms with Gasteiger partial charge in [-0.25, -0.2) is 4.79 Å². The van der Waals surface area contributed by atoms with Gasteiger partial charge >= 0.3 is 6.03 Å². The molecule has 2 aromatic heterocycles. The van der Waals surface area contributed by atoms with Crippen molar-refractivity contribution in [2.75, 3.05) is 19.5 Å². The second-order valence-electron chi connectivity index (χ2n) is 5.72. The Bertz CT molecular complexity index is 901. The number of hydrogen-bond donors (Lipinski definition) is 1. The van der Waals surface area contributed by atoms with Gasteiger partial charge in [0.2, 0.25) is 5.95 Å². The Morgan fingerprint density at radius 3 is 2.84 bits per heavy atom. The smallest absolute Gasteiger partial charge is 0.324 e. The molecule has 1 aromatic carbocycles. The Balaban J connectivity index is 1.79. The molecule has 0 bridgehead atoms. The monoisotopic (exact) mass is 340 g/mol. The molecule has 8 heteroatoms. The Hall–Kier alpha value is -3.16. The molecule has 0 atom stereocenters. The number of nitrogens with one attached hydrogen (secondary N) is 1. The summed E-state index contributed by atoms with van der Waals surface area (Å²) < 4.78 is 6.96. The second kappa shape index (κ2) is 6.76. The van der Waals surface area contributed by atoms with Gasteiger partial charge in [0.1, 0.15) is 17.1 Å². The van der Waals surface area contributed by atoms with Gasteiger partial charge in [0.15, 0.2) is 0 Å². The minimum atomic E-state index is -0.279. The Morgan fingerprint density at radius 2 is 2.16 bits per heavy atom. The fraction of sp³-hybridized carbons (Fsp3) is 0.294. The van der Waals surface area contributed by atoms with Crippen molar-refractivity contribution in [1.29, 1.82) is 0 Å². The summed E-state index contributed by atoms with van der Waals surface area (Å²) in [7, 11) is 5.11. The highest BCUT2D eigenvalue weighted by atomic mass is 16.5. The molecule has 3 rings (SSSR count). The summed E-state index contributed by atoms with van der Waals surface area (Å²) in [6.45, 7) is 2.24. The number of urea groups is 1. The van der Waals surface area contributed by atoms with E-state index in [9.17, 15) is 4.79 Å². The second-order valence-corrected chi connectivity index (χ2v) is 5.72. The largest absolute Gasteiger partial charge is 0.494 e. The molecule has 0 fully saturated rings. The van der Waals surface area contributed by atoms with E-state index >= 15 is 0 Å². The summed E-state index contributed by atoms with van der Waals surface area (Å²) in [4.78, 5) is 22.5. The molecular formula is C17H20N6O2. The summed E-state index contributed by atoms with van der Waals surface area (Å²) in [5.41, 5.74) is 1.75. The number of aryl methyl sites for hydroxylation is 2. The molecule has 0 unspecified atom stereocenters. The molecule has 0 saturated carbocycles. The van der Waals surface area contributed by atoms with Crippen LogP contribution in [0.5, 0.6) is 5.75 Å². The van der Waals surface area contributed by atoms with E-state index < -0.39 is 0 Å². The van der Waals surface area contributed by atoms with Crippen LogP contribution in [-0.4, -0.2) is 44.8 Å². The summed E-state index contributed by atoms with van der Waals surface area (Å²) in [5, 5.41) is 7.78. The zero-order chi connectivity index (χ0) is 18.0. The number of pyridine rings is 1. The van der Waals surface area contributed by atoms with Crippen LogP contribution in [0.2, 0.25) is 0 Å². The molecule has 0 aliphatic rings. The van der Waals surface area contributed by atoms with Crippen molar-refractivity contribution < 1.29 is 9.53 Å².